The Morgan fingerprint density at radius 1 is 1.13 bits per heavy atom. The van der Waals surface area contributed by atoms with E-state index < -0.39 is 0 Å². The van der Waals surface area contributed by atoms with Gasteiger partial charge in [0.05, 0.1) is 23.6 Å². The lowest BCUT2D eigenvalue weighted by Crippen LogP contribution is -2.42. The van der Waals surface area contributed by atoms with Crippen molar-refractivity contribution in [2.45, 2.75) is 25.0 Å². The quantitative estimate of drug-likeness (QED) is 0.707. The van der Waals surface area contributed by atoms with E-state index in [9.17, 15) is 0 Å². The van der Waals surface area contributed by atoms with E-state index in [0.717, 1.165) is 24.5 Å². The van der Waals surface area contributed by atoms with Crippen molar-refractivity contribution < 1.29 is 4.74 Å². The fourth-order valence-corrected chi connectivity index (χ4v) is 2.59. The lowest BCUT2D eigenvalue weighted by atomic mass is 10.2. The molecule has 2 aliphatic rings. The van der Waals surface area contributed by atoms with Crippen LogP contribution >= 0.6 is 0 Å². The number of hydrogen-bond donors (Lipinski definition) is 1. The highest BCUT2D eigenvalue weighted by molar-refractivity contribution is 5.67. The highest BCUT2D eigenvalue weighted by Crippen LogP contribution is 2.31. The number of rotatable bonds is 1. The van der Waals surface area contributed by atoms with Gasteiger partial charge in [0.1, 0.15) is 0 Å². The lowest BCUT2D eigenvalue weighted by Gasteiger charge is -2.34. The standard InChI is InChI=1S/C12H16N2O/c13-11-3-1-2-4-12(11)14-7-9-5-6-10(8-14)15-9/h1-4,9-10H,5-8,13H2. The van der Waals surface area contributed by atoms with Crippen LogP contribution in [0.1, 0.15) is 12.8 Å². The highest BCUT2D eigenvalue weighted by atomic mass is 16.5. The van der Waals surface area contributed by atoms with Gasteiger partial charge in [-0.15, -0.1) is 0 Å². The summed E-state index contributed by atoms with van der Waals surface area (Å²) in [5.41, 5.74) is 8.02. The SMILES string of the molecule is Nc1ccccc1N1CC2CCC(C1)O2. The molecule has 0 spiro atoms. The zero-order valence-electron chi connectivity index (χ0n) is 8.73. The van der Waals surface area contributed by atoms with Gasteiger partial charge in [-0.05, 0) is 25.0 Å². The molecule has 0 radical (unpaired) electrons. The molecule has 1 aromatic rings. The smallest absolute Gasteiger partial charge is 0.0755 e. The van der Waals surface area contributed by atoms with Gasteiger partial charge in [0, 0.05) is 13.1 Å². The second kappa shape index (κ2) is 3.42. The average molecular weight is 204 g/mol. The number of para-hydroxylation sites is 2. The van der Waals surface area contributed by atoms with Gasteiger partial charge in [0.15, 0.2) is 0 Å². The second-order valence-corrected chi connectivity index (χ2v) is 4.42. The Hall–Kier alpha value is -1.22. The first-order valence-corrected chi connectivity index (χ1v) is 5.58. The summed E-state index contributed by atoms with van der Waals surface area (Å²) in [6, 6.07) is 8.09. The summed E-state index contributed by atoms with van der Waals surface area (Å²) in [7, 11) is 0. The number of morpholine rings is 1. The normalized spacial score (nSPS) is 29.5. The number of fused-ring (bicyclic) bond motifs is 2. The number of nitrogens with two attached hydrogens (primary N) is 1. The molecule has 2 fully saturated rings. The van der Waals surface area contributed by atoms with Crippen molar-refractivity contribution >= 4 is 11.4 Å². The maximum Gasteiger partial charge on any atom is 0.0755 e. The molecule has 2 atom stereocenters. The summed E-state index contributed by atoms with van der Waals surface area (Å²) in [6.45, 7) is 1.98. The van der Waals surface area contributed by atoms with E-state index in [1.807, 2.05) is 18.2 Å². The molecule has 0 saturated carbocycles. The molecule has 2 N–H and O–H groups in total. The Kier molecular flexibility index (Phi) is 2.06. The minimum atomic E-state index is 0.420. The number of hydrogen-bond acceptors (Lipinski definition) is 3. The molecule has 2 aliphatic heterocycles. The van der Waals surface area contributed by atoms with Crippen molar-refractivity contribution in [1.29, 1.82) is 0 Å². The van der Waals surface area contributed by atoms with Gasteiger partial charge in [0.25, 0.3) is 0 Å². The van der Waals surface area contributed by atoms with Gasteiger partial charge in [-0.1, -0.05) is 12.1 Å². The van der Waals surface area contributed by atoms with E-state index in [2.05, 4.69) is 11.0 Å². The highest BCUT2D eigenvalue weighted by Gasteiger charge is 2.34. The molecule has 3 rings (SSSR count). The minimum Gasteiger partial charge on any atom is -0.397 e. The van der Waals surface area contributed by atoms with Crippen LogP contribution in [0.15, 0.2) is 24.3 Å². The Labute approximate surface area is 89.8 Å². The molecule has 3 heteroatoms. The predicted octanol–water partition coefficient (Wildman–Crippen LogP) is 1.64. The van der Waals surface area contributed by atoms with Gasteiger partial charge in [-0.3, -0.25) is 0 Å². The van der Waals surface area contributed by atoms with Crippen molar-refractivity contribution in [1.82, 2.24) is 0 Å². The molecule has 0 amide bonds. The van der Waals surface area contributed by atoms with Crippen LogP contribution in [0.2, 0.25) is 0 Å². The zero-order chi connectivity index (χ0) is 10.3. The molecular weight excluding hydrogens is 188 g/mol. The third kappa shape index (κ3) is 1.57. The maximum absolute atomic E-state index is 5.98. The lowest BCUT2D eigenvalue weighted by molar-refractivity contribution is 0.0305. The molecule has 1 aromatic carbocycles. The average Bonchev–Trinajstić information content (AvgIpc) is 2.58. The molecule has 0 aromatic heterocycles. The van der Waals surface area contributed by atoms with E-state index in [1.54, 1.807) is 0 Å². The van der Waals surface area contributed by atoms with Gasteiger partial charge in [-0.2, -0.15) is 0 Å². The number of benzene rings is 1. The summed E-state index contributed by atoms with van der Waals surface area (Å²) in [6.07, 6.45) is 3.24. The predicted molar refractivity (Wildman–Crippen MR) is 61.0 cm³/mol. The van der Waals surface area contributed by atoms with Crippen molar-refractivity contribution in [2.24, 2.45) is 0 Å². The van der Waals surface area contributed by atoms with Crippen LogP contribution in [-0.2, 0) is 4.74 Å². The third-order valence-electron chi connectivity index (χ3n) is 3.32. The van der Waals surface area contributed by atoms with Gasteiger partial charge in [0.2, 0.25) is 0 Å². The first-order valence-electron chi connectivity index (χ1n) is 5.58. The van der Waals surface area contributed by atoms with Crippen molar-refractivity contribution in [3.8, 4) is 0 Å². The number of nitrogens with zero attached hydrogens (tertiary/aromatic N) is 1. The Balaban J connectivity index is 1.86. The number of nitrogen functional groups attached to an aromatic ring is 1. The maximum atomic E-state index is 5.98. The summed E-state index contributed by atoms with van der Waals surface area (Å²) in [5.74, 6) is 0. The van der Waals surface area contributed by atoms with Crippen LogP contribution in [0.3, 0.4) is 0 Å². The first kappa shape index (κ1) is 9.04. The van der Waals surface area contributed by atoms with E-state index >= 15 is 0 Å². The van der Waals surface area contributed by atoms with E-state index in [-0.39, 0.29) is 0 Å². The van der Waals surface area contributed by atoms with Crippen molar-refractivity contribution in [3.05, 3.63) is 24.3 Å². The largest absolute Gasteiger partial charge is 0.397 e. The summed E-state index contributed by atoms with van der Waals surface area (Å²) < 4.78 is 5.81. The van der Waals surface area contributed by atoms with Gasteiger partial charge in [-0.25, -0.2) is 0 Å². The summed E-state index contributed by atoms with van der Waals surface area (Å²) >= 11 is 0. The zero-order valence-corrected chi connectivity index (χ0v) is 8.73. The van der Waals surface area contributed by atoms with E-state index in [4.69, 9.17) is 10.5 Å². The molecule has 2 unspecified atom stereocenters. The van der Waals surface area contributed by atoms with Crippen LogP contribution < -0.4 is 10.6 Å². The third-order valence-corrected chi connectivity index (χ3v) is 3.32. The van der Waals surface area contributed by atoms with Crippen LogP contribution in [0.5, 0.6) is 0 Å². The summed E-state index contributed by atoms with van der Waals surface area (Å²) in [5, 5.41) is 0. The molecule has 2 heterocycles. The first-order chi connectivity index (χ1) is 7.33. The second-order valence-electron chi connectivity index (χ2n) is 4.42. The van der Waals surface area contributed by atoms with E-state index in [1.165, 1.54) is 12.8 Å². The van der Waals surface area contributed by atoms with E-state index in [0.29, 0.717) is 12.2 Å². The fraction of sp³-hybridized carbons (Fsp3) is 0.500. The molecule has 15 heavy (non-hydrogen) atoms. The molecule has 80 valence electrons. The Morgan fingerprint density at radius 2 is 1.80 bits per heavy atom. The van der Waals surface area contributed by atoms with Crippen LogP contribution in [0.25, 0.3) is 0 Å². The molecule has 0 aliphatic carbocycles. The molecule has 2 bridgehead atoms. The van der Waals surface area contributed by atoms with Crippen molar-refractivity contribution in [2.75, 3.05) is 23.7 Å². The van der Waals surface area contributed by atoms with Crippen LogP contribution in [0.4, 0.5) is 11.4 Å². The van der Waals surface area contributed by atoms with Gasteiger partial charge < -0.3 is 15.4 Å². The number of anilines is 2. The Bertz CT molecular complexity index is 354. The fourth-order valence-electron chi connectivity index (χ4n) is 2.59. The number of ether oxygens (including phenoxy) is 1. The summed E-state index contributed by atoms with van der Waals surface area (Å²) in [4.78, 5) is 2.36. The van der Waals surface area contributed by atoms with Gasteiger partial charge >= 0.3 is 0 Å². The molecule has 2 saturated heterocycles. The Morgan fingerprint density at radius 3 is 2.47 bits per heavy atom. The van der Waals surface area contributed by atoms with Crippen molar-refractivity contribution in [3.63, 3.8) is 0 Å². The van der Waals surface area contributed by atoms with Crippen LogP contribution in [-0.4, -0.2) is 25.3 Å². The minimum absolute atomic E-state index is 0.420. The monoisotopic (exact) mass is 204 g/mol. The molecular formula is C12H16N2O. The topological polar surface area (TPSA) is 38.5 Å². The van der Waals surface area contributed by atoms with Crippen LogP contribution in [0, 0.1) is 0 Å². The molecule has 3 nitrogen and oxygen atoms in total.